The van der Waals surface area contributed by atoms with Crippen molar-refractivity contribution in [1.29, 1.82) is 0 Å². The first-order valence-corrected chi connectivity index (χ1v) is 8.12. The van der Waals surface area contributed by atoms with Crippen LogP contribution in [0.25, 0.3) is 11.0 Å². The van der Waals surface area contributed by atoms with Gasteiger partial charge in [-0.3, -0.25) is 14.5 Å². The molecular formula is C16H16Cl2N2O3. The van der Waals surface area contributed by atoms with Crippen LogP contribution >= 0.6 is 23.2 Å². The van der Waals surface area contributed by atoms with Crippen molar-refractivity contribution in [2.24, 2.45) is 11.7 Å². The number of fused-ring (bicyclic) bond motifs is 1. The topological polar surface area (TPSA) is 76.5 Å². The molecule has 2 aromatic rings. The number of hydrogen-bond donors (Lipinski definition) is 1. The summed E-state index contributed by atoms with van der Waals surface area (Å²) in [5.41, 5.74) is 6.08. The van der Waals surface area contributed by atoms with Crippen molar-refractivity contribution < 1.29 is 9.21 Å². The number of rotatable bonds is 3. The van der Waals surface area contributed by atoms with Gasteiger partial charge in [-0.1, -0.05) is 23.2 Å². The first kappa shape index (κ1) is 16.3. The molecule has 1 aromatic heterocycles. The molecule has 1 atom stereocenters. The van der Waals surface area contributed by atoms with E-state index in [2.05, 4.69) is 0 Å². The Morgan fingerprint density at radius 1 is 1.39 bits per heavy atom. The van der Waals surface area contributed by atoms with E-state index < -0.39 is 0 Å². The molecule has 0 spiro atoms. The molecular weight excluding hydrogens is 339 g/mol. The van der Waals surface area contributed by atoms with E-state index in [1.165, 1.54) is 12.3 Å². The van der Waals surface area contributed by atoms with Gasteiger partial charge in [0.15, 0.2) is 11.0 Å². The van der Waals surface area contributed by atoms with Crippen LogP contribution in [0.4, 0.5) is 0 Å². The van der Waals surface area contributed by atoms with Gasteiger partial charge in [-0.2, -0.15) is 0 Å². The van der Waals surface area contributed by atoms with Gasteiger partial charge in [0, 0.05) is 23.7 Å². The molecule has 5 nitrogen and oxygen atoms in total. The van der Waals surface area contributed by atoms with Gasteiger partial charge in [-0.15, -0.1) is 0 Å². The molecule has 0 unspecified atom stereocenters. The quantitative estimate of drug-likeness (QED) is 0.919. The largest absolute Gasteiger partial charge is 0.462 e. The number of benzene rings is 1. The number of halogens is 2. The molecule has 7 heteroatoms. The molecule has 0 aliphatic carbocycles. The summed E-state index contributed by atoms with van der Waals surface area (Å²) >= 11 is 12.0. The third-order valence-corrected chi connectivity index (χ3v) is 4.66. The van der Waals surface area contributed by atoms with Crippen molar-refractivity contribution >= 4 is 40.1 Å². The molecule has 1 aliphatic rings. The lowest BCUT2D eigenvalue weighted by Crippen LogP contribution is -2.41. The minimum Gasteiger partial charge on any atom is -0.462 e. The molecule has 23 heavy (non-hydrogen) atoms. The van der Waals surface area contributed by atoms with Gasteiger partial charge in [0.25, 0.3) is 0 Å². The number of nitrogens with two attached hydrogens (primary N) is 1. The van der Waals surface area contributed by atoms with Gasteiger partial charge in [-0.25, -0.2) is 0 Å². The van der Waals surface area contributed by atoms with E-state index in [0.29, 0.717) is 39.7 Å². The maximum atomic E-state index is 12.6. The van der Waals surface area contributed by atoms with Crippen LogP contribution in [0.3, 0.4) is 0 Å². The number of nitrogens with zero attached hydrogens (tertiary/aromatic N) is 1. The number of amides is 1. The third kappa shape index (κ3) is 3.37. The van der Waals surface area contributed by atoms with Crippen LogP contribution < -0.4 is 11.2 Å². The number of piperidine rings is 1. The van der Waals surface area contributed by atoms with Gasteiger partial charge in [-0.05, 0) is 31.5 Å². The van der Waals surface area contributed by atoms with Crippen LogP contribution in [-0.2, 0) is 11.3 Å². The van der Waals surface area contributed by atoms with E-state index in [4.69, 9.17) is 33.4 Å². The van der Waals surface area contributed by atoms with E-state index >= 15 is 0 Å². The van der Waals surface area contributed by atoms with Crippen LogP contribution in [0, 0.1) is 5.92 Å². The minimum absolute atomic E-state index is 0.156. The molecule has 0 saturated carbocycles. The molecule has 1 aliphatic heterocycles. The predicted molar refractivity (Wildman–Crippen MR) is 89.7 cm³/mol. The van der Waals surface area contributed by atoms with E-state index in [1.807, 2.05) is 4.90 Å². The highest BCUT2D eigenvalue weighted by Crippen LogP contribution is 2.26. The summed E-state index contributed by atoms with van der Waals surface area (Å²) in [6, 6.07) is 3.09. The molecule has 1 fully saturated rings. The SMILES string of the molecule is NC(=O)[C@@H]1CCCN(Cc2coc3c(Cl)cc(Cl)cc3c2=O)C1. The fraction of sp³-hybridized carbons (Fsp3) is 0.375. The fourth-order valence-electron chi connectivity index (χ4n) is 2.99. The zero-order chi connectivity index (χ0) is 16.6. The first-order valence-electron chi connectivity index (χ1n) is 7.37. The smallest absolute Gasteiger partial charge is 0.221 e. The molecule has 1 aromatic carbocycles. The van der Waals surface area contributed by atoms with E-state index in [0.717, 1.165) is 19.4 Å². The van der Waals surface area contributed by atoms with Crippen molar-refractivity contribution in [2.75, 3.05) is 13.1 Å². The van der Waals surface area contributed by atoms with Crippen molar-refractivity contribution in [3.05, 3.63) is 44.2 Å². The number of carbonyl (C=O) groups is 1. The Balaban J connectivity index is 1.90. The van der Waals surface area contributed by atoms with Crippen molar-refractivity contribution in [3.8, 4) is 0 Å². The number of carbonyl (C=O) groups excluding carboxylic acids is 1. The lowest BCUT2D eigenvalue weighted by molar-refractivity contribution is -0.123. The third-order valence-electron chi connectivity index (χ3n) is 4.17. The Labute approximate surface area is 142 Å². The molecule has 0 bridgehead atoms. The molecule has 0 radical (unpaired) electrons. The molecule has 1 amide bonds. The van der Waals surface area contributed by atoms with Gasteiger partial charge in [0.1, 0.15) is 0 Å². The lowest BCUT2D eigenvalue weighted by atomic mass is 9.97. The van der Waals surface area contributed by atoms with Crippen LogP contribution in [0.5, 0.6) is 0 Å². The zero-order valence-electron chi connectivity index (χ0n) is 12.4. The van der Waals surface area contributed by atoms with Crippen LogP contribution in [-0.4, -0.2) is 23.9 Å². The van der Waals surface area contributed by atoms with Crippen molar-refractivity contribution in [2.45, 2.75) is 19.4 Å². The van der Waals surface area contributed by atoms with E-state index in [1.54, 1.807) is 6.07 Å². The summed E-state index contributed by atoms with van der Waals surface area (Å²) in [6.07, 6.45) is 3.10. The summed E-state index contributed by atoms with van der Waals surface area (Å²) in [5, 5.41) is 1.06. The average molecular weight is 355 g/mol. The Hall–Kier alpha value is -1.56. The maximum Gasteiger partial charge on any atom is 0.221 e. The Kier molecular flexibility index (Phi) is 4.62. The molecule has 3 rings (SSSR count). The van der Waals surface area contributed by atoms with Crippen LogP contribution in [0.2, 0.25) is 10.0 Å². The number of primary amides is 1. The van der Waals surface area contributed by atoms with Gasteiger partial charge >= 0.3 is 0 Å². The fourth-order valence-corrected chi connectivity index (χ4v) is 3.52. The summed E-state index contributed by atoms with van der Waals surface area (Å²) in [6.45, 7) is 1.78. The summed E-state index contributed by atoms with van der Waals surface area (Å²) in [5.74, 6) is -0.459. The summed E-state index contributed by atoms with van der Waals surface area (Å²) in [4.78, 5) is 26.0. The Morgan fingerprint density at radius 2 is 2.17 bits per heavy atom. The number of hydrogen-bond acceptors (Lipinski definition) is 4. The van der Waals surface area contributed by atoms with Crippen LogP contribution in [0.15, 0.2) is 27.6 Å². The Bertz CT molecular complexity index is 819. The highest BCUT2D eigenvalue weighted by molar-refractivity contribution is 6.38. The molecule has 2 heterocycles. The second-order valence-electron chi connectivity index (χ2n) is 5.83. The second-order valence-corrected chi connectivity index (χ2v) is 6.67. The first-order chi connectivity index (χ1) is 11.0. The van der Waals surface area contributed by atoms with Gasteiger partial charge in [0.05, 0.1) is 22.6 Å². The highest BCUT2D eigenvalue weighted by Gasteiger charge is 2.24. The number of likely N-dealkylation sites (tertiary alicyclic amines) is 1. The average Bonchev–Trinajstić information content (AvgIpc) is 2.51. The van der Waals surface area contributed by atoms with Gasteiger partial charge < -0.3 is 10.2 Å². The zero-order valence-corrected chi connectivity index (χ0v) is 13.9. The van der Waals surface area contributed by atoms with Crippen molar-refractivity contribution in [1.82, 2.24) is 4.90 Å². The monoisotopic (exact) mass is 354 g/mol. The molecule has 2 N–H and O–H groups in total. The lowest BCUT2D eigenvalue weighted by Gasteiger charge is -2.30. The van der Waals surface area contributed by atoms with E-state index in [9.17, 15) is 9.59 Å². The standard InChI is InChI=1S/C16H16Cl2N2O3/c17-11-4-12-14(21)10(8-23-15(12)13(18)5-11)7-20-3-1-2-9(6-20)16(19)22/h4-5,8-9H,1-3,6-7H2,(H2,19,22)/t9-/m1/s1. The normalized spacial score (nSPS) is 19.1. The minimum atomic E-state index is -0.293. The molecule has 1 saturated heterocycles. The summed E-state index contributed by atoms with van der Waals surface area (Å²) < 4.78 is 5.52. The Morgan fingerprint density at radius 3 is 2.91 bits per heavy atom. The molecule has 122 valence electrons. The predicted octanol–water partition coefficient (Wildman–Crippen LogP) is 2.80. The highest BCUT2D eigenvalue weighted by atomic mass is 35.5. The second kappa shape index (κ2) is 6.51. The maximum absolute atomic E-state index is 12.6. The van der Waals surface area contributed by atoms with E-state index in [-0.39, 0.29) is 17.3 Å². The summed E-state index contributed by atoms with van der Waals surface area (Å²) in [7, 11) is 0. The van der Waals surface area contributed by atoms with Crippen molar-refractivity contribution in [3.63, 3.8) is 0 Å². The van der Waals surface area contributed by atoms with Crippen LogP contribution in [0.1, 0.15) is 18.4 Å². The van der Waals surface area contributed by atoms with Gasteiger partial charge in [0.2, 0.25) is 5.91 Å².